The first-order valence-corrected chi connectivity index (χ1v) is 7.37. The van der Waals surface area contributed by atoms with Gasteiger partial charge in [0, 0.05) is 44.0 Å². The molecule has 5 nitrogen and oxygen atoms in total. The number of amides is 2. The summed E-state index contributed by atoms with van der Waals surface area (Å²) in [5.41, 5.74) is 1.29. The van der Waals surface area contributed by atoms with Crippen molar-refractivity contribution in [1.29, 1.82) is 0 Å². The normalized spacial score (nSPS) is 19.8. The van der Waals surface area contributed by atoms with Gasteiger partial charge < -0.3 is 19.9 Å². The number of aromatic nitrogens is 1. The standard InChI is InChI=1S/C15H25N3O2/c1-12(5-6-14-4-3-8-18(14)2)17-15(19)16-10-13-7-9-20-11-13/h3-4,8,12-13H,5-7,9-11H2,1-2H3,(H2,16,17,19). The quantitative estimate of drug-likeness (QED) is 0.832. The van der Waals surface area contributed by atoms with Gasteiger partial charge in [-0.25, -0.2) is 4.79 Å². The zero-order valence-electron chi connectivity index (χ0n) is 12.4. The van der Waals surface area contributed by atoms with Gasteiger partial charge in [-0.15, -0.1) is 0 Å². The van der Waals surface area contributed by atoms with Crippen LogP contribution in [0.2, 0.25) is 0 Å². The SMILES string of the molecule is CC(CCc1cccn1C)NC(=O)NCC1CCOC1. The molecule has 2 atom stereocenters. The number of hydrogen-bond donors (Lipinski definition) is 2. The lowest BCUT2D eigenvalue weighted by Crippen LogP contribution is -2.42. The minimum Gasteiger partial charge on any atom is -0.381 e. The second-order valence-corrected chi connectivity index (χ2v) is 5.63. The molecule has 2 amide bonds. The van der Waals surface area contributed by atoms with Crippen molar-refractivity contribution in [2.45, 2.75) is 32.2 Å². The lowest BCUT2D eigenvalue weighted by Gasteiger charge is -2.16. The van der Waals surface area contributed by atoms with Crippen molar-refractivity contribution in [3.63, 3.8) is 0 Å². The molecule has 1 aliphatic rings. The number of hydrogen-bond acceptors (Lipinski definition) is 2. The average molecular weight is 279 g/mol. The van der Waals surface area contributed by atoms with E-state index in [1.54, 1.807) is 0 Å². The highest BCUT2D eigenvalue weighted by atomic mass is 16.5. The molecule has 0 saturated carbocycles. The minimum atomic E-state index is -0.0729. The second kappa shape index (κ2) is 7.33. The summed E-state index contributed by atoms with van der Waals surface area (Å²) in [6, 6.07) is 4.26. The average Bonchev–Trinajstić information content (AvgIpc) is 3.05. The number of nitrogens with zero attached hydrogens (tertiary/aromatic N) is 1. The lowest BCUT2D eigenvalue weighted by molar-refractivity contribution is 0.185. The van der Waals surface area contributed by atoms with Crippen molar-refractivity contribution < 1.29 is 9.53 Å². The smallest absolute Gasteiger partial charge is 0.315 e. The molecule has 0 aliphatic carbocycles. The van der Waals surface area contributed by atoms with E-state index in [0.29, 0.717) is 12.5 Å². The maximum Gasteiger partial charge on any atom is 0.315 e. The Morgan fingerprint density at radius 2 is 2.45 bits per heavy atom. The maximum atomic E-state index is 11.8. The monoisotopic (exact) mass is 279 g/mol. The van der Waals surface area contributed by atoms with Crippen LogP contribution in [0.25, 0.3) is 0 Å². The molecule has 112 valence electrons. The van der Waals surface area contributed by atoms with Gasteiger partial charge in [-0.1, -0.05) is 0 Å². The number of nitrogens with one attached hydrogen (secondary N) is 2. The second-order valence-electron chi connectivity index (χ2n) is 5.63. The summed E-state index contributed by atoms with van der Waals surface area (Å²) in [6.07, 6.45) is 5.01. The van der Waals surface area contributed by atoms with Crippen molar-refractivity contribution in [3.05, 3.63) is 24.0 Å². The Bertz CT molecular complexity index is 425. The molecule has 1 aromatic heterocycles. The first kappa shape index (κ1) is 14.9. The highest BCUT2D eigenvalue weighted by Gasteiger charge is 2.16. The maximum absolute atomic E-state index is 11.8. The van der Waals surface area contributed by atoms with Crippen LogP contribution < -0.4 is 10.6 Å². The molecular weight excluding hydrogens is 254 g/mol. The molecule has 2 rings (SSSR count). The highest BCUT2D eigenvalue weighted by Crippen LogP contribution is 2.10. The van der Waals surface area contributed by atoms with Crippen molar-refractivity contribution >= 4 is 6.03 Å². The lowest BCUT2D eigenvalue weighted by atomic mass is 10.1. The zero-order valence-corrected chi connectivity index (χ0v) is 12.4. The van der Waals surface area contributed by atoms with Gasteiger partial charge in [-0.2, -0.15) is 0 Å². The molecule has 0 radical (unpaired) electrons. The summed E-state index contributed by atoms with van der Waals surface area (Å²) in [7, 11) is 2.05. The fraction of sp³-hybridized carbons (Fsp3) is 0.667. The third-order valence-corrected chi connectivity index (χ3v) is 3.84. The van der Waals surface area contributed by atoms with E-state index in [2.05, 4.69) is 21.3 Å². The van der Waals surface area contributed by atoms with Crippen LogP contribution >= 0.6 is 0 Å². The first-order chi connectivity index (χ1) is 9.65. The van der Waals surface area contributed by atoms with Crippen LogP contribution in [-0.4, -0.2) is 36.4 Å². The van der Waals surface area contributed by atoms with Crippen LogP contribution in [0.4, 0.5) is 4.79 Å². The molecule has 1 saturated heterocycles. The third kappa shape index (κ3) is 4.56. The van der Waals surface area contributed by atoms with Gasteiger partial charge in [0.2, 0.25) is 0 Å². The molecular formula is C15H25N3O2. The summed E-state index contributed by atoms with van der Waals surface area (Å²) >= 11 is 0. The van der Waals surface area contributed by atoms with E-state index < -0.39 is 0 Å². The molecule has 1 aliphatic heterocycles. The van der Waals surface area contributed by atoms with E-state index in [0.717, 1.165) is 32.5 Å². The predicted octanol–water partition coefficient (Wildman–Crippen LogP) is 1.68. The molecule has 1 fully saturated rings. The summed E-state index contributed by atoms with van der Waals surface area (Å²) in [5, 5.41) is 5.91. The predicted molar refractivity (Wildman–Crippen MR) is 78.7 cm³/mol. The number of aryl methyl sites for hydroxylation is 2. The third-order valence-electron chi connectivity index (χ3n) is 3.84. The zero-order chi connectivity index (χ0) is 14.4. The number of carbonyl (C=O) groups is 1. The van der Waals surface area contributed by atoms with Crippen LogP contribution in [0.15, 0.2) is 18.3 Å². The fourth-order valence-corrected chi connectivity index (χ4v) is 2.45. The summed E-state index contributed by atoms with van der Waals surface area (Å²) in [5.74, 6) is 0.472. The number of urea groups is 1. The molecule has 0 aromatic carbocycles. The molecule has 2 unspecified atom stereocenters. The number of rotatable bonds is 6. The van der Waals surface area contributed by atoms with Crippen LogP contribution in [-0.2, 0) is 18.2 Å². The molecule has 0 spiro atoms. The van der Waals surface area contributed by atoms with Gasteiger partial charge >= 0.3 is 6.03 Å². The van der Waals surface area contributed by atoms with E-state index in [4.69, 9.17) is 4.74 Å². The number of ether oxygens (including phenoxy) is 1. The molecule has 2 N–H and O–H groups in total. The minimum absolute atomic E-state index is 0.0729. The Labute approximate surface area is 120 Å². The van der Waals surface area contributed by atoms with E-state index in [1.807, 2.05) is 26.2 Å². The van der Waals surface area contributed by atoms with Gasteiger partial charge in [-0.05, 0) is 38.3 Å². The van der Waals surface area contributed by atoms with Crippen LogP contribution in [0.5, 0.6) is 0 Å². The Morgan fingerprint density at radius 3 is 3.10 bits per heavy atom. The number of carbonyl (C=O) groups excluding carboxylic acids is 1. The molecule has 2 heterocycles. The van der Waals surface area contributed by atoms with E-state index in [9.17, 15) is 4.79 Å². The Morgan fingerprint density at radius 1 is 1.60 bits per heavy atom. The van der Waals surface area contributed by atoms with E-state index >= 15 is 0 Å². The van der Waals surface area contributed by atoms with Gasteiger partial charge in [0.05, 0.1) is 6.61 Å². The topological polar surface area (TPSA) is 55.3 Å². The highest BCUT2D eigenvalue weighted by molar-refractivity contribution is 5.74. The summed E-state index contributed by atoms with van der Waals surface area (Å²) in [4.78, 5) is 11.8. The van der Waals surface area contributed by atoms with Gasteiger partial charge in [0.25, 0.3) is 0 Å². The van der Waals surface area contributed by atoms with Crippen LogP contribution in [0.1, 0.15) is 25.5 Å². The van der Waals surface area contributed by atoms with Crippen molar-refractivity contribution in [2.24, 2.45) is 13.0 Å². The van der Waals surface area contributed by atoms with Crippen LogP contribution in [0.3, 0.4) is 0 Å². The molecule has 20 heavy (non-hydrogen) atoms. The van der Waals surface area contributed by atoms with Crippen LogP contribution in [0, 0.1) is 5.92 Å². The van der Waals surface area contributed by atoms with Gasteiger partial charge in [0.1, 0.15) is 0 Å². The Kier molecular flexibility index (Phi) is 5.47. The van der Waals surface area contributed by atoms with E-state index in [1.165, 1.54) is 5.69 Å². The Hall–Kier alpha value is -1.49. The van der Waals surface area contributed by atoms with Crippen molar-refractivity contribution in [1.82, 2.24) is 15.2 Å². The first-order valence-electron chi connectivity index (χ1n) is 7.37. The van der Waals surface area contributed by atoms with Gasteiger partial charge in [0.15, 0.2) is 0 Å². The molecule has 0 bridgehead atoms. The largest absolute Gasteiger partial charge is 0.381 e. The van der Waals surface area contributed by atoms with Gasteiger partial charge in [-0.3, -0.25) is 0 Å². The Balaban J connectivity index is 1.62. The van der Waals surface area contributed by atoms with Crippen molar-refractivity contribution in [2.75, 3.05) is 19.8 Å². The van der Waals surface area contributed by atoms with Crippen molar-refractivity contribution in [3.8, 4) is 0 Å². The molecule has 5 heteroatoms. The fourth-order valence-electron chi connectivity index (χ4n) is 2.45. The summed E-state index contributed by atoms with van der Waals surface area (Å²) < 4.78 is 7.41. The van der Waals surface area contributed by atoms with E-state index in [-0.39, 0.29) is 12.1 Å². The summed E-state index contributed by atoms with van der Waals surface area (Å²) in [6.45, 7) is 4.34. The molecule has 1 aromatic rings.